The van der Waals surface area contributed by atoms with Crippen molar-refractivity contribution in [3.8, 4) is 11.5 Å². The molecule has 1 heterocycles. The lowest BCUT2D eigenvalue weighted by molar-refractivity contribution is -0.144. The molecule has 1 aromatic carbocycles. The second-order valence-corrected chi connectivity index (χ2v) is 4.38. The number of carbonyl (C=O) groups is 3. The molecule has 0 aromatic heterocycles. The van der Waals surface area contributed by atoms with Crippen molar-refractivity contribution in [3.63, 3.8) is 0 Å². The molecule has 1 aliphatic rings. The average Bonchev–Trinajstić information content (AvgIpc) is 2.98. The summed E-state index contributed by atoms with van der Waals surface area (Å²) in [6.45, 7) is 2.07. The molecule has 0 unspecified atom stereocenters. The van der Waals surface area contributed by atoms with Crippen molar-refractivity contribution < 1.29 is 28.6 Å². The third-order valence-corrected chi connectivity index (χ3v) is 2.81. The Hall–Kier alpha value is -2.77. The van der Waals surface area contributed by atoms with Crippen molar-refractivity contribution in [2.75, 3.05) is 13.4 Å². The van der Waals surface area contributed by atoms with Crippen LogP contribution in [-0.2, 0) is 14.3 Å². The first kappa shape index (κ1) is 15.6. The maximum atomic E-state index is 11.9. The van der Waals surface area contributed by atoms with Gasteiger partial charge in [0.05, 0.1) is 13.0 Å². The molecule has 2 amide bonds. The number of carbonyl (C=O) groups excluding carboxylic acids is 3. The highest BCUT2D eigenvalue weighted by atomic mass is 16.7. The standard InChI is InChI=1S/C14H16N2O6/c1-2-20-13(18)6-5-12(17)15-16-14(19)9-3-4-10-11(7-9)22-8-21-10/h3-4,7H,2,5-6,8H2,1H3,(H,15,17)(H,16,19). The maximum Gasteiger partial charge on any atom is 0.306 e. The van der Waals surface area contributed by atoms with Crippen molar-refractivity contribution in [1.29, 1.82) is 0 Å². The molecular formula is C14H16N2O6. The van der Waals surface area contributed by atoms with Crippen LogP contribution in [0.1, 0.15) is 30.1 Å². The Labute approximate surface area is 126 Å². The monoisotopic (exact) mass is 308 g/mol. The van der Waals surface area contributed by atoms with Gasteiger partial charge in [-0.2, -0.15) is 0 Å². The number of hydrazine groups is 1. The van der Waals surface area contributed by atoms with E-state index in [-0.39, 0.29) is 26.2 Å². The average molecular weight is 308 g/mol. The highest BCUT2D eigenvalue weighted by Crippen LogP contribution is 2.32. The fourth-order valence-electron chi connectivity index (χ4n) is 1.75. The number of rotatable bonds is 5. The minimum absolute atomic E-state index is 0.0421. The summed E-state index contributed by atoms with van der Waals surface area (Å²) >= 11 is 0. The van der Waals surface area contributed by atoms with Gasteiger partial charge in [-0.3, -0.25) is 25.2 Å². The number of hydrogen-bond donors (Lipinski definition) is 2. The lowest BCUT2D eigenvalue weighted by Crippen LogP contribution is -2.41. The molecule has 1 aromatic rings. The minimum atomic E-state index is -0.497. The van der Waals surface area contributed by atoms with Crippen LogP contribution >= 0.6 is 0 Å². The number of benzene rings is 1. The maximum absolute atomic E-state index is 11.9. The molecule has 118 valence electrons. The van der Waals surface area contributed by atoms with Gasteiger partial charge in [-0.1, -0.05) is 0 Å². The topological polar surface area (TPSA) is 103 Å². The molecule has 8 heteroatoms. The van der Waals surface area contributed by atoms with E-state index >= 15 is 0 Å². The number of nitrogens with one attached hydrogen (secondary N) is 2. The highest BCUT2D eigenvalue weighted by Gasteiger charge is 2.16. The number of amides is 2. The molecule has 1 aliphatic heterocycles. The summed E-state index contributed by atoms with van der Waals surface area (Å²) in [7, 11) is 0. The van der Waals surface area contributed by atoms with Gasteiger partial charge in [-0.15, -0.1) is 0 Å². The van der Waals surface area contributed by atoms with Crippen LogP contribution in [-0.4, -0.2) is 31.2 Å². The van der Waals surface area contributed by atoms with Gasteiger partial charge < -0.3 is 14.2 Å². The third-order valence-electron chi connectivity index (χ3n) is 2.81. The predicted octanol–water partition coefficient (Wildman–Crippen LogP) is 0.520. The summed E-state index contributed by atoms with van der Waals surface area (Å²) in [5, 5.41) is 0. The smallest absolute Gasteiger partial charge is 0.306 e. The van der Waals surface area contributed by atoms with E-state index in [4.69, 9.17) is 14.2 Å². The first-order valence-electron chi connectivity index (χ1n) is 6.74. The first-order valence-corrected chi connectivity index (χ1v) is 6.74. The lowest BCUT2D eigenvalue weighted by Gasteiger charge is -2.07. The lowest BCUT2D eigenvalue weighted by atomic mass is 10.2. The largest absolute Gasteiger partial charge is 0.466 e. The van der Waals surface area contributed by atoms with Crippen LogP contribution in [0, 0.1) is 0 Å². The van der Waals surface area contributed by atoms with E-state index < -0.39 is 17.8 Å². The van der Waals surface area contributed by atoms with Gasteiger partial charge >= 0.3 is 5.97 Å². The van der Waals surface area contributed by atoms with Crippen molar-refractivity contribution in [2.24, 2.45) is 0 Å². The summed E-state index contributed by atoms with van der Waals surface area (Å²) in [5.74, 6) is -0.402. The van der Waals surface area contributed by atoms with E-state index in [0.29, 0.717) is 17.1 Å². The fraction of sp³-hybridized carbons (Fsp3) is 0.357. The molecule has 0 atom stereocenters. The molecular weight excluding hydrogens is 292 g/mol. The number of fused-ring (bicyclic) bond motifs is 1. The molecule has 0 fully saturated rings. The summed E-state index contributed by atoms with van der Waals surface area (Å²) in [6.07, 6.45) is -0.111. The van der Waals surface area contributed by atoms with E-state index in [1.165, 1.54) is 6.07 Å². The Bertz CT molecular complexity index is 587. The molecule has 22 heavy (non-hydrogen) atoms. The van der Waals surface area contributed by atoms with Crippen molar-refractivity contribution in [1.82, 2.24) is 10.9 Å². The zero-order valence-electron chi connectivity index (χ0n) is 12.0. The minimum Gasteiger partial charge on any atom is -0.466 e. The molecule has 0 saturated heterocycles. The Morgan fingerprint density at radius 2 is 1.91 bits per heavy atom. The van der Waals surface area contributed by atoms with Crippen molar-refractivity contribution >= 4 is 17.8 Å². The normalized spacial score (nSPS) is 11.7. The molecule has 8 nitrogen and oxygen atoms in total. The molecule has 0 spiro atoms. The Morgan fingerprint density at radius 3 is 2.68 bits per heavy atom. The van der Waals surface area contributed by atoms with Crippen molar-refractivity contribution in [2.45, 2.75) is 19.8 Å². The van der Waals surface area contributed by atoms with E-state index in [0.717, 1.165) is 0 Å². The zero-order chi connectivity index (χ0) is 15.9. The number of esters is 1. The summed E-state index contributed by atoms with van der Waals surface area (Å²) in [6, 6.07) is 4.68. The molecule has 0 radical (unpaired) electrons. The number of ether oxygens (including phenoxy) is 3. The quantitative estimate of drug-likeness (QED) is 0.607. The van der Waals surface area contributed by atoms with Gasteiger partial charge in [-0.25, -0.2) is 0 Å². The van der Waals surface area contributed by atoms with E-state index in [1.807, 2.05) is 0 Å². The SMILES string of the molecule is CCOC(=O)CCC(=O)NNC(=O)c1ccc2c(c1)OCO2. The summed E-state index contributed by atoms with van der Waals surface area (Å²) < 4.78 is 15.0. The van der Waals surface area contributed by atoms with E-state index in [2.05, 4.69) is 10.9 Å². The number of hydrogen-bond acceptors (Lipinski definition) is 6. The van der Waals surface area contributed by atoms with Crippen LogP contribution < -0.4 is 20.3 Å². The molecule has 0 aliphatic carbocycles. The van der Waals surface area contributed by atoms with Gasteiger partial charge in [0.25, 0.3) is 5.91 Å². The van der Waals surface area contributed by atoms with E-state index in [9.17, 15) is 14.4 Å². The van der Waals surface area contributed by atoms with Crippen LogP contribution in [0.2, 0.25) is 0 Å². The van der Waals surface area contributed by atoms with Gasteiger partial charge in [0.1, 0.15) is 0 Å². The summed E-state index contributed by atoms with van der Waals surface area (Å²) in [5.41, 5.74) is 4.80. The molecule has 0 saturated carbocycles. The van der Waals surface area contributed by atoms with E-state index in [1.54, 1.807) is 19.1 Å². The van der Waals surface area contributed by atoms with Crippen LogP contribution in [0.15, 0.2) is 18.2 Å². The van der Waals surface area contributed by atoms with Crippen LogP contribution in [0.25, 0.3) is 0 Å². The second-order valence-electron chi connectivity index (χ2n) is 4.38. The predicted molar refractivity (Wildman–Crippen MR) is 74.0 cm³/mol. The van der Waals surface area contributed by atoms with Gasteiger partial charge in [0.15, 0.2) is 11.5 Å². The summed E-state index contributed by atoms with van der Waals surface area (Å²) in [4.78, 5) is 34.5. The molecule has 0 bridgehead atoms. The Balaban J connectivity index is 1.77. The first-order chi connectivity index (χ1) is 10.6. The fourth-order valence-corrected chi connectivity index (χ4v) is 1.75. The van der Waals surface area contributed by atoms with Crippen LogP contribution in [0.5, 0.6) is 11.5 Å². The Kier molecular flexibility index (Phi) is 5.18. The van der Waals surface area contributed by atoms with Crippen LogP contribution in [0.3, 0.4) is 0 Å². The van der Waals surface area contributed by atoms with Gasteiger partial charge in [0.2, 0.25) is 12.7 Å². The highest BCUT2D eigenvalue weighted by molar-refractivity contribution is 5.96. The van der Waals surface area contributed by atoms with Gasteiger partial charge in [0, 0.05) is 12.0 Å². The molecule has 2 rings (SSSR count). The van der Waals surface area contributed by atoms with Gasteiger partial charge in [-0.05, 0) is 25.1 Å². The molecule has 2 N–H and O–H groups in total. The zero-order valence-corrected chi connectivity index (χ0v) is 12.0. The van der Waals surface area contributed by atoms with Crippen molar-refractivity contribution in [3.05, 3.63) is 23.8 Å². The third kappa shape index (κ3) is 4.11. The van der Waals surface area contributed by atoms with Crippen LogP contribution in [0.4, 0.5) is 0 Å². The second kappa shape index (κ2) is 7.30. The Morgan fingerprint density at radius 1 is 1.14 bits per heavy atom.